The van der Waals surface area contributed by atoms with E-state index in [9.17, 15) is 9.59 Å². The van der Waals surface area contributed by atoms with Crippen LogP contribution in [0, 0.1) is 0 Å². The summed E-state index contributed by atoms with van der Waals surface area (Å²) in [5, 5.41) is 0. The van der Waals surface area contributed by atoms with Crippen molar-refractivity contribution in [3.05, 3.63) is 48.9 Å². The number of amides is 2. The molecule has 1 unspecified atom stereocenters. The van der Waals surface area contributed by atoms with E-state index in [1.807, 2.05) is 30.3 Å². The van der Waals surface area contributed by atoms with Gasteiger partial charge in [-0.1, -0.05) is 6.07 Å². The maximum atomic E-state index is 12.8. The topological polar surface area (TPSA) is 78.9 Å². The van der Waals surface area contributed by atoms with Crippen LogP contribution in [0.15, 0.2) is 48.9 Å². The minimum absolute atomic E-state index is 0.0144. The van der Waals surface area contributed by atoms with Gasteiger partial charge in [0, 0.05) is 76.4 Å². The Kier molecular flexibility index (Phi) is 6.11. The second-order valence-corrected chi connectivity index (χ2v) is 7.79. The molecule has 2 saturated heterocycles. The van der Waals surface area contributed by atoms with E-state index in [0.29, 0.717) is 31.8 Å². The van der Waals surface area contributed by atoms with Crippen molar-refractivity contribution in [1.82, 2.24) is 19.8 Å². The van der Waals surface area contributed by atoms with Crippen LogP contribution < -0.4 is 9.64 Å². The van der Waals surface area contributed by atoms with Gasteiger partial charge in [-0.15, -0.1) is 0 Å². The molecular formula is C22H27N5O3. The molecule has 0 bridgehead atoms. The Balaban J connectivity index is 1.27. The molecule has 0 aromatic carbocycles. The highest BCUT2D eigenvalue weighted by Gasteiger charge is 2.34. The second-order valence-electron chi connectivity index (χ2n) is 7.79. The van der Waals surface area contributed by atoms with Crippen molar-refractivity contribution in [2.24, 2.45) is 0 Å². The predicted molar refractivity (Wildman–Crippen MR) is 112 cm³/mol. The van der Waals surface area contributed by atoms with E-state index in [2.05, 4.69) is 14.9 Å². The molecule has 0 saturated carbocycles. The van der Waals surface area contributed by atoms with Gasteiger partial charge in [-0.3, -0.25) is 14.6 Å². The molecule has 4 heterocycles. The lowest BCUT2D eigenvalue weighted by Gasteiger charge is -2.33. The van der Waals surface area contributed by atoms with Crippen LogP contribution >= 0.6 is 0 Å². The molecule has 2 fully saturated rings. The molecule has 8 heteroatoms. The van der Waals surface area contributed by atoms with Crippen molar-refractivity contribution in [3.8, 4) is 5.88 Å². The van der Waals surface area contributed by atoms with Crippen LogP contribution in [0.4, 0.5) is 5.69 Å². The van der Waals surface area contributed by atoms with Crippen molar-refractivity contribution in [1.29, 1.82) is 0 Å². The number of hydrogen-bond donors (Lipinski definition) is 0. The number of carbonyl (C=O) groups excluding carboxylic acids is 2. The number of anilines is 1. The molecular weight excluding hydrogens is 382 g/mol. The summed E-state index contributed by atoms with van der Waals surface area (Å²) in [5.74, 6) is -0.255. The van der Waals surface area contributed by atoms with E-state index in [0.717, 1.165) is 25.2 Å². The van der Waals surface area contributed by atoms with Crippen LogP contribution in [-0.2, 0) is 9.59 Å². The van der Waals surface area contributed by atoms with E-state index < -0.39 is 11.8 Å². The summed E-state index contributed by atoms with van der Waals surface area (Å²) in [7, 11) is 1.73. The number of rotatable bonds is 4. The third-order valence-corrected chi connectivity index (χ3v) is 5.90. The second kappa shape index (κ2) is 9.11. The molecule has 0 aliphatic carbocycles. The maximum absolute atomic E-state index is 12.8. The van der Waals surface area contributed by atoms with Gasteiger partial charge in [0.15, 0.2) is 0 Å². The highest BCUT2D eigenvalue weighted by molar-refractivity contribution is 6.34. The average molecular weight is 409 g/mol. The molecule has 0 spiro atoms. The number of nitrogens with zero attached hydrogens (tertiary/aromatic N) is 5. The summed E-state index contributed by atoms with van der Waals surface area (Å²) in [5.41, 5.74) is 1.09. The van der Waals surface area contributed by atoms with Crippen LogP contribution in [0.3, 0.4) is 0 Å². The third-order valence-electron chi connectivity index (χ3n) is 5.90. The first-order chi connectivity index (χ1) is 14.6. The van der Waals surface area contributed by atoms with E-state index in [4.69, 9.17) is 4.74 Å². The molecule has 2 aliphatic heterocycles. The minimum Gasteiger partial charge on any atom is -0.474 e. The fourth-order valence-corrected chi connectivity index (χ4v) is 4.06. The Labute approximate surface area is 176 Å². The Bertz CT molecular complexity index is 856. The summed E-state index contributed by atoms with van der Waals surface area (Å²) < 4.78 is 5.87. The molecule has 0 N–H and O–H groups in total. The molecule has 2 amide bonds. The summed E-state index contributed by atoms with van der Waals surface area (Å²) in [6, 6.07) is 9.51. The van der Waals surface area contributed by atoms with Gasteiger partial charge in [0.1, 0.15) is 6.10 Å². The fraction of sp³-hybridized carbons (Fsp3) is 0.455. The highest BCUT2D eigenvalue weighted by atomic mass is 16.5. The van der Waals surface area contributed by atoms with Crippen molar-refractivity contribution < 1.29 is 14.3 Å². The molecule has 4 rings (SSSR count). The minimum atomic E-state index is -0.430. The standard InChI is InChI=1S/C22H27N5O3/c1-25(18-7-13-27(16-18)17-5-11-23-12-6-17)21(28)22(29)26-14-8-19(9-15-26)30-20-4-2-3-10-24-20/h2-6,10-12,18-19H,7-9,13-16H2,1H3. The number of piperidine rings is 1. The van der Waals surface area contributed by atoms with E-state index in [1.165, 1.54) is 0 Å². The molecule has 1 atom stereocenters. The normalized spacial score (nSPS) is 19.6. The Hall–Kier alpha value is -3.16. The van der Waals surface area contributed by atoms with E-state index in [-0.39, 0.29) is 12.1 Å². The number of pyridine rings is 2. The lowest BCUT2D eigenvalue weighted by Crippen LogP contribution is -2.51. The first kappa shape index (κ1) is 20.1. The van der Waals surface area contributed by atoms with E-state index >= 15 is 0 Å². The van der Waals surface area contributed by atoms with Crippen LogP contribution in [0.1, 0.15) is 19.3 Å². The number of carbonyl (C=O) groups is 2. The summed E-state index contributed by atoms with van der Waals surface area (Å²) >= 11 is 0. The highest BCUT2D eigenvalue weighted by Crippen LogP contribution is 2.23. The van der Waals surface area contributed by atoms with Crippen LogP contribution in [0.2, 0.25) is 0 Å². The van der Waals surface area contributed by atoms with Crippen molar-refractivity contribution in [2.75, 3.05) is 38.1 Å². The molecule has 2 aliphatic rings. The Morgan fingerprint density at radius 3 is 2.50 bits per heavy atom. The van der Waals surface area contributed by atoms with Gasteiger partial charge in [-0.25, -0.2) is 4.98 Å². The van der Waals surface area contributed by atoms with Gasteiger partial charge in [-0.2, -0.15) is 0 Å². The first-order valence-corrected chi connectivity index (χ1v) is 10.4. The molecule has 8 nitrogen and oxygen atoms in total. The van der Waals surface area contributed by atoms with Crippen molar-refractivity contribution in [2.45, 2.75) is 31.4 Å². The number of likely N-dealkylation sites (tertiary alicyclic amines) is 1. The van der Waals surface area contributed by atoms with Crippen LogP contribution in [0.25, 0.3) is 0 Å². The number of likely N-dealkylation sites (N-methyl/N-ethyl adjacent to an activating group) is 1. The molecule has 2 aromatic rings. The monoisotopic (exact) mass is 409 g/mol. The quantitative estimate of drug-likeness (QED) is 0.714. The molecule has 30 heavy (non-hydrogen) atoms. The van der Waals surface area contributed by atoms with E-state index in [1.54, 1.807) is 35.4 Å². The molecule has 0 radical (unpaired) electrons. The van der Waals surface area contributed by atoms with Crippen molar-refractivity contribution in [3.63, 3.8) is 0 Å². The van der Waals surface area contributed by atoms with Gasteiger partial charge >= 0.3 is 11.8 Å². The number of ether oxygens (including phenoxy) is 1. The zero-order valence-corrected chi connectivity index (χ0v) is 17.2. The lowest BCUT2D eigenvalue weighted by molar-refractivity contribution is -0.153. The zero-order chi connectivity index (χ0) is 20.9. The maximum Gasteiger partial charge on any atom is 0.312 e. The van der Waals surface area contributed by atoms with Gasteiger partial charge < -0.3 is 19.4 Å². The summed E-state index contributed by atoms with van der Waals surface area (Å²) in [4.78, 5) is 39.3. The lowest BCUT2D eigenvalue weighted by atomic mass is 10.1. The predicted octanol–water partition coefficient (Wildman–Crippen LogP) is 1.58. The Morgan fingerprint density at radius 2 is 1.80 bits per heavy atom. The largest absolute Gasteiger partial charge is 0.474 e. The van der Waals surface area contributed by atoms with Gasteiger partial charge in [0.05, 0.1) is 6.04 Å². The van der Waals surface area contributed by atoms with Crippen LogP contribution in [0.5, 0.6) is 5.88 Å². The SMILES string of the molecule is CN(C(=O)C(=O)N1CCC(Oc2ccccn2)CC1)C1CCN(c2ccncc2)C1. The summed E-state index contributed by atoms with van der Waals surface area (Å²) in [6.45, 7) is 2.61. The molecule has 158 valence electrons. The smallest absolute Gasteiger partial charge is 0.312 e. The third kappa shape index (κ3) is 4.53. The number of hydrogen-bond acceptors (Lipinski definition) is 6. The zero-order valence-electron chi connectivity index (χ0n) is 17.2. The average Bonchev–Trinajstić information content (AvgIpc) is 3.30. The fourth-order valence-electron chi connectivity index (χ4n) is 4.06. The first-order valence-electron chi connectivity index (χ1n) is 10.4. The molecule has 2 aromatic heterocycles. The van der Waals surface area contributed by atoms with Gasteiger partial charge in [0.25, 0.3) is 0 Å². The van der Waals surface area contributed by atoms with Crippen molar-refractivity contribution >= 4 is 17.5 Å². The van der Waals surface area contributed by atoms with Gasteiger partial charge in [-0.05, 0) is 24.6 Å². The Morgan fingerprint density at radius 1 is 1.03 bits per heavy atom. The van der Waals surface area contributed by atoms with Crippen LogP contribution in [-0.4, -0.2) is 77.0 Å². The summed E-state index contributed by atoms with van der Waals surface area (Å²) in [6.07, 6.45) is 7.47. The number of aromatic nitrogens is 2. The van der Waals surface area contributed by atoms with Gasteiger partial charge in [0.2, 0.25) is 5.88 Å².